The number of nitrogens with one attached hydrogen (secondary N) is 1. The van der Waals surface area contributed by atoms with Crippen LogP contribution < -0.4 is 5.32 Å². The maximum Gasteiger partial charge on any atom is 0.0373 e. The molecule has 31 heavy (non-hydrogen) atoms. The van der Waals surface area contributed by atoms with Crippen LogP contribution in [0.15, 0.2) is 23.8 Å². The minimum Gasteiger partial charge on any atom is -0.312 e. The molecule has 4 atom stereocenters. The van der Waals surface area contributed by atoms with Gasteiger partial charge in [-0.05, 0) is 87.6 Å². The van der Waals surface area contributed by atoms with Crippen molar-refractivity contribution in [3.8, 4) is 0 Å². The lowest BCUT2D eigenvalue weighted by Crippen LogP contribution is -2.52. The van der Waals surface area contributed by atoms with Gasteiger partial charge in [0.25, 0.3) is 0 Å². The molecule has 2 nitrogen and oxygen atoms in total. The van der Waals surface area contributed by atoms with Crippen LogP contribution in [0, 0.1) is 23.2 Å². The summed E-state index contributed by atoms with van der Waals surface area (Å²) >= 11 is 6.34. The Morgan fingerprint density at radius 1 is 1.13 bits per heavy atom. The summed E-state index contributed by atoms with van der Waals surface area (Å²) in [6.07, 6.45) is 20.2. The fourth-order valence-corrected chi connectivity index (χ4v) is 6.40. The van der Waals surface area contributed by atoms with Crippen LogP contribution in [0.1, 0.15) is 91.9 Å². The van der Waals surface area contributed by atoms with Crippen LogP contribution in [0.2, 0.25) is 0 Å². The molecular weight excluding hydrogens is 400 g/mol. The van der Waals surface area contributed by atoms with E-state index in [1.54, 1.807) is 5.57 Å². The van der Waals surface area contributed by atoms with E-state index in [0.29, 0.717) is 22.8 Å². The molecule has 0 aromatic heterocycles. The van der Waals surface area contributed by atoms with E-state index in [4.69, 9.17) is 11.6 Å². The van der Waals surface area contributed by atoms with Crippen molar-refractivity contribution in [2.45, 2.75) is 103 Å². The van der Waals surface area contributed by atoms with Crippen LogP contribution in [0.25, 0.3) is 0 Å². The van der Waals surface area contributed by atoms with Gasteiger partial charge < -0.3 is 10.2 Å². The highest BCUT2D eigenvalue weighted by molar-refractivity contribution is 6.20. The highest BCUT2D eigenvalue weighted by atomic mass is 35.5. The first kappa shape index (κ1) is 25.3. The van der Waals surface area contributed by atoms with E-state index >= 15 is 0 Å². The Labute approximate surface area is 198 Å². The van der Waals surface area contributed by atoms with E-state index in [2.05, 4.69) is 56.1 Å². The topological polar surface area (TPSA) is 15.3 Å². The van der Waals surface area contributed by atoms with E-state index < -0.39 is 0 Å². The summed E-state index contributed by atoms with van der Waals surface area (Å²) in [6.45, 7) is 14.6. The van der Waals surface area contributed by atoms with Crippen molar-refractivity contribution >= 4 is 11.6 Å². The molecule has 2 unspecified atom stereocenters. The third-order valence-corrected chi connectivity index (χ3v) is 8.62. The van der Waals surface area contributed by atoms with Crippen LogP contribution in [-0.4, -0.2) is 42.5 Å². The van der Waals surface area contributed by atoms with E-state index in [1.165, 1.54) is 84.0 Å². The van der Waals surface area contributed by atoms with E-state index in [1.807, 2.05) is 0 Å². The van der Waals surface area contributed by atoms with Gasteiger partial charge in [0.15, 0.2) is 0 Å². The lowest BCUT2D eigenvalue weighted by Gasteiger charge is -2.47. The van der Waals surface area contributed by atoms with Gasteiger partial charge in [0, 0.05) is 24.5 Å². The zero-order chi connectivity index (χ0) is 22.3. The maximum atomic E-state index is 6.34. The van der Waals surface area contributed by atoms with Gasteiger partial charge in [0.2, 0.25) is 0 Å². The lowest BCUT2D eigenvalue weighted by molar-refractivity contribution is 0.0598. The van der Waals surface area contributed by atoms with Crippen molar-refractivity contribution < 1.29 is 0 Å². The van der Waals surface area contributed by atoms with Gasteiger partial charge in [-0.15, -0.1) is 11.6 Å². The van der Waals surface area contributed by atoms with Gasteiger partial charge in [-0.25, -0.2) is 0 Å². The predicted octanol–water partition coefficient (Wildman–Crippen LogP) is 7.19. The molecule has 0 aromatic rings. The Kier molecular flexibility index (Phi) is 9.99. The average Bonchev–Trinajstić information content (AvgIpc) is 2.73. The summed E-state index contributed by atoms with van der Waals surface area (Å²) in [6, 6.07) is 0.607. The van der Waals surface area contributed by atoms with Crippen LogP contribution in [0.4, 0.5) is 0 Å². The summed E-state index contributed by atoms with van der Waals surface area (Å²) in [5.74, 6) is 2.38. The van der Waals surface area contributed by atoms with Gasteiger partial charge in [0.05, 0.1) is 0 Å². The summed E-state index contributed by atoms with van der Waals surface area (Å²) in [5, 5.41) is 4.29. The second-order valence-corrected chi connectivity index (χ2v) is 12.3. The van der Waals surface area contributed by atoms with Gasteiger partial charge in [-0.1, -0.05) is 64.3 Å². The number of allylic oxidation sites excluding steroid dienone is 4. The Morgan fingerprint density at radius 3 is 2.61 bits per heavy atom. The Bertz CT molecular complexity index is 594. The van der Waals surface area contributed by atoms with Crippen molar-refractivity contribution in [1.29, 1.82) is 0 Å². The highest BCUT2D eigenvalue weighted by Crippen LogP contribution is 2.43. The lowest BCUT2D eigenvalue weighted by atomic mass is 9.68. The molecule has 1 heterocycles. The standard InChI is InChI=1S/C28H49ClN2/c1-22(2)27(30-18-9-8-12-23-10-6-5-7-11-23)20-31-19-17-26(28(3,4)21-31)24-13-15-25(29)16-14-24/h5-6,13,22-23,25-27,30H,7-12,14-21H2,1-4H3/t23?,25?,26-,27+/m1/s1. The third-order valence-electron chi connectivity index (χ3n) is 8.22. The first-order valence-electron chi connectivity index (χ1n) is 13.3. The first-order chi connectivity index (χ1) is 14.8. The Hall–Kier alpha value is -0.310. The van der Waals surface area contributed by atoms with Crippen molar-refractivity contribution in [2.24, 2.45) is 23.2 Å². The Morgan fingerprint density at radius 2 is 1.97 bits per heavy atom. The summed E-state index contributed by atoms with van der Waals surface area (Å²) in [5.41, 5.74) is 2.06. The van der Waals surface area contributed by atoms with Gasteiger partial charge in [-0.2, -0.15) is 0 Å². The quantitative estimate of drug-likeness (QED) is 0.216. The molecule has 2 aliphatic carbocycles. The third kappa shape index (κ3) is 7.90. The summed E-state index contributed by atoms with van der Waals surface area (Å²) in [4.78, 5) is 2.75. The smallest absolute Gasteiger partial charge is 0.0373 e. The molecule has 0 aromatic carbocycles. The average molecular weight is 449 g/mol. The number of unbranched alkanes of at least 4 members (excludes halogenated alkanes) is 1. The summed E-state index contributed by atoms with van der Waals surface area (Å²) in [7, 11) is 0. The fraction of sp³-hybridized carbons (Fsp3) is 0.857. The van der Waals surface area contributed by atoms with Crippen LogP contribution >= 0.6 is 11.6 Å². The second kappa shape index (κ2) is 12.2. The minimum absolute atomic E-state index is 0.360. The molecule has 178 valence electrons. The second-order valence-electron chi connectivity index (χ2n) is 11.7. The van der Waals surface area contributed by atoms with E-state index in [-0.39, 0.29) is 0 Å². The molecule has 0 bridgehead atoms. The largest absolute Gasteiger partial charge is 0.312 e. The normalized spacial score (nSPS) is 30.4. The number of likely N-dealkylation sites (tertiary alicyclic amines) is 1. The van der Waals surface area contributed by atoms with Crippen molar-refractivity contribution in [3.63, 3.8) is 0 Å². The molecule has 1 N–H and O–H groups in total. The van der Waals surface area contributed by atoms with Crippen LogP contribution in [-0.2, 0) is 0 Å². The number of hydrogen-bond donors (Lipinski definition) is 1. The van der Waals surface area contributed by atoms with E-state index in [9.17, 15) is 0 Å². The molecule has 0 saturated carbocycles. The molecular formula is C28H49ClN2. The van der Waals surface area contributed by atoms with Crippen molar-refractivity contribution in [3.05, 3.63) is 23.8 Å². The number of nitrogens with zero attached hydrogens (tertiary/aromatic N) is 1. The molecule has 3 aliphatic rings. The monoisotopic (exact) mass is 448 g/mol. The SMILES string of the molecule is CC(C)[C@H](CN1CC[C@H](C2=CCC(Cl)CC2)C(C)(C)C1)NCCCCC1CC=CCC1. The fourth-order valence-electron chi connectivity index (χ4n) is 6.20. The minimum atomic E-state index is 0.360. The molecule has 1 aliphatic heterocycles. The predicted molar refractivity (Wildman–Crippen MR) is 137 cm³/mol. The number of piperidine rings is 1. The van der Waals surface area contributed by atoms with Crippen LogP contribution in [0.5, 0.6) is 0 Å². The van der Waals surface area contributed by atoms with Gasteiger partial charge in [0.1, 0.15) is 0 Å². The van der Waals surface area contributed by atoms with Crippen molar-refractivity contribution in [2.75, 3.05) is 26.2 Å². The molecule has 0 radical (unpaired) electrons. The number of hydrogen-bond acceptors (Lipinski definition) is 2. The number of alkyl halides is 1. The molecule has 3 rings (SSSR count). The highest BCUT2D eigenvalue weighted by Gasteiger charge is 2.38. The Balaban J connectivity index is 1.41. The first-order valence-corrected chi connectivity index (χ1v) is 13.7. The zero-order valence-electron chi connectivity index (χ0n) is 20.8. The molecule has 0 amide bonds. The maximum absolute atomic E-state index is 6.34. The van der Waals surface area contributed by atoms with Gasteiger partial charge in [-0.3, -0.25) is 0 Å². The van der Waals surface area contributed by atoms with E-state index in [0.717, 1.165) is 18.3 Å². The number of halogens is 1. The number of rotatable bonds is 10. The molecule has 1 saturated heterocycles. The van der Waals surface area contributed by atoms with Gasteiger partial charge >= 0.3 is 0 Å². The van der Waals surface area contributed by atoms with Crippen molar-refractivity contribution in [1.82, 2.24) is 10.2 Å². The van der Waals surface area contributed by atoms with Crippen LogP contribution in [0.3, 0.4) is 0 Å². The molecule has 0 spiro atoms. The molecule has 1 fully saturated rings. The molecule has 3 heteroatoms. The zero-order valence-corrected chi connectivity index (χ0v) is 21.6. The summed E-state index contributed by atoms with van der Waals surface area (Å²) < 4.78 is 0.